The molecule has 2 aromatic carbocycles. The molecule has 1 fully saturated rings. The smallest absolute Gasteiger partial charge is 0.414 e. The van der Waals surface area contributed by atoms with E-state index in [0.29, 0.717) is 24.5 Å². The number of carbonyl (C=O) groups is 1. The van der Waals surface area contributed by atoms with Crippen LogP contribution in [-0.4, -0.2) is 27.7 Å². The molecule has 0 aromatic heterocycles. The molecule has 23 heavy (non-hydrogen) atoms. The van der Waals surface area contributed by atoms with Crippen LogP contribution in [0.4, 0.5) is 16.2 Å². The molecule has 1 amide bonds. The van der Waals surface area contributed by atoms with Gasteiger partial charge in [-0.15, -0.1) is 0 Å². The molecule has 0 saturated carbocycles. The molecule has 3 rings (SSSR count). The zero-order valence-corrected chi connectivity index (χ0v) is 13.3. The Hall–Kier alpha value is -2.54. The van der Waals surface area contributed by atoms with Crippen LogP contribution in [0.25, 0.3) is 0 Å². The van der Waals surface area contributed by atoms with Crippen LogP contribution in [0.15, 0.2) is 53.4 Å². The molecular formula is C16H16N2O4S. The standard InChI is InChI=1S/C16H16N2O4S/c1-12-5-7-15(8-6-12)23(20,21)17-13-3-2-4-14(11-13)18-9-10-22-16(18)19/h2-8,11,17H,9-10H2,1H3. The maximum Gasteiger partial charge on any atom is 0.414 e. The maximum absolute atomic E-state index is 12.4. The summed E-state index contributed by atoms with van der Waals surface area (Å²) in [6.45, 7) is 2.67. The summed E-state index contributed by atoms with van der Waals surface area (Å²) in [6.07, 6.45) is -0.427. The molecule has 7 heteroatoms. The van der Waals surface area contributed by atoms with Crippen molar-refractivity contribution in [1.82, 2.24) is 0 Å². The minimum absolute atomic E-state index is 0.189. The summed E-state index contributed by atoms with van der Waals surface area (Å²) in [6, 6.07) is 13.3. The first-order valence-electron chi connectivity index (χ1n) is 7.09. The molecule has 1 N–H and O–H groups in total. The highest BCUT2D eigenvalue weighted by atomic mass is 32.2. The Labute approximate surface area is 134 Å². The van der Waals surface area contributed by atoms with Gasteiger partial charge in [0.2, 0.25) is 0 Å². The van der Waals surface area contributed by atoms with Crippen molar-refractivity contribution in [2.45, 2.75) is 11.8 Å². The second-order valence-corrected chi connectivity index (χ2v) is 6.92. The molecule has 0 radical (unpaired) electrons. The van der Waals surface area contributed by atoms with Crippen LogP contribution in [0.3, 0.4) is 0 Å². The Kier molecular flexibility index (Phi) is 3.96. The molecule has 120 valence electrons. The summed E-state index contributed by atoms with van der Waals surface area (Å²) >= 11 is 0. The Morgan fingerprint density at radius 2 is 1.87 bits per heavy atom. The first kappa shape index (κ1) is 15.4. The third-order valence-corrected chi connectivity index (χ3v) is 4.90. The van der Waals surface area contributed by atoms with E-state index < -0.39 is 16.1 Å². The van der Waals surface area contributed by atoms with E-state index in [2.05, 4.69) is 4.72 Å². The number of hydrogen-bond donors (Lipinski definition) is 1. The van der Waals surface area contributed by atoms with Crippen molar-refractivity contribution in [3.05, 3.63) is 54.1 Å². The van der Waals surface area contributed by atoms with Gasteiger partial charge in [-0.2, -0.15) is 0 Å². The Morgan fingerprint density at radius 1 is 1.13 bits per heavy atom. The van der Waals surface area contributed by atoms with Crippen LogP contribution in [0.1, 0.15) is 5.56 Å². The minimum atomic E-state index is -3.67. The van der Waals surface area contributed by atoms with Crippen LogP contribution in [0, 0.1) is 6.92 Å². The van der Waals surface area contributed by atoms with E-state index in [1.165, 1.54) is 4.90 Å². The summed E-state index contributed by atoms with van der Waals surface area (Å²) in [5.41, 5.74) is 1.97. The van der Waals surface area contributed by atoms with Crippen molar-refractivity contribution >= 4 is 27.5 Å². The number of cyclic esters (lactones) is 1. The Morgan fingerprint density at radius 3 is 2.52 bits per heavy atom. The summed E-state index contributed by atoms with van der Waals surface area (Å²) in [5, 5.41) is 0. The van der Waals surface area contributed by atoms with Crippen molar-refractivity contribution in [2.75, 3.05) is 22.8 Å². The highest BCUT2D eigenvalue weighted by Gasteiger charge is 2.24. The predicted octanol–water partition coefficient (Wildman–Crippen LogP) is 2.75. The fourth-order valence-electron chi connectivity index (χ4n) is 2.30. The van der Waals surface area contributed by atoms with Gasteiger partial charge in [0, 0.05) is 5.69 Å². The van der Waals surface area contributed by atoms with Crippen molar-refractivity contribution in [3.63, 3.8) is 0 Å². The number of anilines is 2. The summed E-state index contributed by atoms with van der Waals surface area (Å²) in [4.78, 5) is 13.2. The van der Waals surface area contributed by atoms with Gasteiger partial charge in [-0.3, -0.25) is 9.62 Å². The second-order valence-electron chi connectivity index (χ2n) is 5.23. The number of benzene rings is 2. The molecule has 0 atom stereocenters. The van der Waals surface area contributed by atoms with Gasteiger partial charge in [0.25, 0.3) is 10.0 Å². The Balaban J connectivity index is 1.85. The van der Waals surface area contributed by atoms with E-state index in [9.17, 15) is 13.2 Å². The Bertz CT molecular complexity index is 831. The monoisotopic (exact) mass is 332 g/mol. The van der Waals surface area contributed by atoms with E-state index in [-0.39, 0.29) is 4.90 Å². The molecule has 1 aliphatic heterocycles. The molecule has 1 heterocycles. The van der Waals surface area contributed by atoms with E-state index >= 15 is 0 Å². The number of nitrogens with zero attached hydrogens (tertiary/aromatic N) is 1. The zero-order valence-electron chi connectivity index (χ0n) is 12.5. The quantitative estimate of drug-likeness (QED) is 0.934. The molecule has 0 unspecified atom stereocenters. The maximum atomic E-state index is 12.4. The second kappa shape index (κ2) is 5.92. The largest absolute Gasteiger partial charge is 0.447 e. The van der Waals surface area contributed by atoms with E-state index in [1.807, 2.05) is 6.92 Å². The lowest BCUT2D eigenvalue weighted by Gasteiger charge is -2.14. The number of nitrogens with one attached hydrogen (secondary N) is 1. The van der Waals surface area contributed by atoms with Gasteiger partial charge in [-0.1, -0.05) is 23.8 Å². The number of aryl methyl sites for hydroxylation is 1. The first-order valence-corrected chi connectivity index (χ1v) is 8.58. The van der Waals surface area contributed by atoms with Crippen LogP contribution in [-0.2, 0) is 14.8 Å². The third kappa shape index (κ3) is 3.29. The number of hydrogen-bond acceptors (Lipinski definition) is 4. The average Bonchev–Trinajstić information content (AvgIpc) is 2.94. The van der Waals surface area contributed by atoms with Gasteiger partial charge in [0.05, 0.1) is 17.1 Å². The predicted molar refractivity (Wildman–Crippen MR) is 87.1 cm³/mol. The van der Waals surface area contributed by atoms with Crippen molar-refractivity contribution < 1.29 is 17.9 Å². The number of sulfonamides is 1. The van der Waals surface area contributed by atoms with Crippen LogP contribution >= 0.6 is 0 Å². The number of rotatable bonds is 4. The van der Waals surface area contributed by atoms with Crippen LogP contribution < -0.4 is 9.62 Å². The minimum Gasteiger partial charge on any atom is -0.447 e. The lowest BCUT2D eigenvalue weighted by Crippen LogP contribution is -2.23. The van der Waals surface area contributed by atoms with E-state index in [0.717, 1.165) is 5.56 Å². The van der Waals surface area contributed by atoms with Gasteiger partial charge in [-0.25, -0.2) is 13.2 Å². The highest BCUT2D eigenvalue weighted by Crippen LogP contribution is 2.24. The van der Waals surface area contributed by atoms with Gasteiger partial charge < -0.3 is 4.74 Å². The molecular weight excluding hydrogens is 316 g/mol. The normalized spacial score (nSPS) is 14.7. The van der Waals surface area contributed by atoms with Crippen molar-refractivity contribution in [2.24, 2.45) is 0 Å². The zero-order chi connectivity index (χ0) is 16.4. The number of carbonyl (C=O) groups excluding carboxylic acids is 1. The number of ether oxygens (including phenoxy) is 1. The van der Waals surface area contributed by atoms with Crippen molar-refractivity contribution in [1.29, 1.82) is 0 Å². The molecule has 1 aliphatic rings. The van der Waals surface area contributed by atoms with Crippen molar-refractivity contribution in [3.8, 4) is 0 Å². The van der Waals surface area contributed by atoms with E-state index in [1.54, 1.807) is 48.5 Å². The van der Waals surface area contributed by atoms with Gasteiger partial charge in [0.1, 0.15) is 6.61 Å². The fourth-order valence-corrected chi connectivity index (χ4v) is 3.35. The fraction of sp³-hybridized carbons (Fsp3) is 0.188. The highest BCUT2D eigenvalue weighted by molar-refractivity contribution is 7.92. The topological polar surface area (TPSA) is 75.7 Å². The molecule has 2 aromatic rings. The summed E-state index contributed by atoms with van der Waals surface area (Å²) < 4.78 is 32.2. The van der Waals surface area contributed by atoms with Crippen LogP contribution in [0.2, 0.25) is 0 Å². The molecule has 6 nitrogen and oxygen atoms in total. The van der Waals surface area contributed by atoms with E-state index in [4.69, 9.17) is 4.74 Å². The molecule has 1 saturated heterocycles. The van der Waals surface area contributed by atoms with Gasteiger partial charge in [0.15, 0.2) is 0 Å². The first-order chi connectivity index (χ1) is 11.0. The van der Waals surface area contributed by atoms with Gasteiger partial charge in [-0.05, 0) is 37.3 Å². The summed E-state index contributed by atoms with van der Waals surface area (Å²) in [7, 11) is -3.67. The molecule has 0 aliphatic carbocycles. The average molecular weight is 332 g/mol. The lowest BCUT2D eigenvalue weighted by molar-refractivity contribution is 0.181. The summed E-state index contributed by atoms with van der Waals surface area (Å²) in [5.74, 6) is 0. The van der Waals surface area contributed by atoms with Crippen LogP contribution in [0.5, 0.6) is 0 Å². The molecule has 0 bridgehead atoms. The SMILES string of the molecule is Cc1ccc(S(=O)(=O)Nc2cccc(N3CCOC3=O)c2)cc1. The lowest BCUT2D eigenvalue weighted by atomic mass is 10.2. The third-order valence-electron chi connectivity index (χ3n) is 3.50. The number of amides is 1. The van der Waals surface area contributed by atoms with Gasteiger partial charge >= 0.3 is 6.09 Å². The molecule has 0 spiro atoms.